The molecule has 2 aliphatic rings. The Kier molecular flexibility index (Phi) is 6.67. The van der Waals surface area contributed by atoms with E-state index in [1.54, 1.807) is 0 Å². The van der Waals surface area contributed by atoms with Crippen LogP contribution in [0, 0.1) is 0 Å². The number of piperidine rings is 1. The van der Waals surface area contributed by atoms with Crippen LogP contribution in [0.2, 0.25) is 5.02 Å². The van der Waals surface area contributed by atoms with Gasteiger partial charge in [-0.2, -0.15) is 13.2 Å². The molecule has 0 radical (unpaired) electrons. The first-order chi connectivity index (χ1) is 16.0. The maximum Gasteiger partial charge on any atom is 0.421 e. The Labute approximate surface area is 199 Å². The lowest BCUT2D eigenvalue weighted by Crippen LogP contribution is -2.41. The SMILES string of the molecule is NC(=O)C1CC(c2csc(C3CCN(C(=O)Cn4cc(Cl)cc(C(F)(F)F)c4=O)CC3)n2)=NO1. The number of carbonyl (C=O) groups is 2. The van der Waals surface area contributed by atoms with Crippen molar-refractivity contribution in [2.75, 3.05) is 13.1 Å². The number of oxime groups is 1. The monoisotopic (exact) mass is 517 g/mol. The minimum absolute atomic E-state index is 0.0865. The van der Waals surface area contributed by atoms with Crippen molar-refractivity contribution in [2.24, 2.45) is 10.9 Å². The van der Waals surface area contributed by atoms with E-state index in [0.717, 1.165) is 11.2 Å². The minimum Gasteiger partial charge on any atom is -0.382 e. The fourth-order valence-electron chi connectivity index (χ4n) is 3.83. The summed E-state index contributed by atoms with van der Waals surface area (Å²) < 4.78 is 39.8. The summed E-state index contributed by atoms with van der Waals surface area (Å²) in [6, 6.07) is 0.552. The van der Waals surface area contributed by atoms with Crippen molar-refractivity contribution in [1.29, 1.82) is 0 Å². The number of halogens is 4. The summed E-state index contributed by atoms with van der Waals surface area (Å²) >= 11 is 7.17. The average molecular weight is 518 g/mol. The lowest BCUT2D eigenvalue weighted by atomic mass is 9.97. The fraction of sp³-hybridized carbons (Fsp3) is 0.450. The molecule has 1 fully saturated rings. The second-order valence-electron chi connectivity index (χ2n) is 7.97. The summed E-state index contributed by atoms with van der Waals surface area (Å²) in [7, 11) is 0. The number of likely N-dealkylation sites (tertiary alicyclic amines) is 1. The van der Waals surface area contributed by atoms with Crippen LogP contribution < -0.4 is 11.3 Å². The van der Waals surface area contributed by atoms with Gasteiger partial charge < -0.3 is 20.0 Å². The second kappa shape index (κ2) is 9.37. The first-order valence-electron chi connectivity index (χ1n) is 10.3. The zero-order valence-electron chi connectivity index (χ0n) is 17.5. The Balaban J connectivity index is 1.37. The standard InChI is InChI=1S/C20H19ClF3N5O4S/c21-11-5-12(20(22,23)24)19(32)29(7-11)8-16(30)28-3-1-10(2-4-28)18-26-14(9-34-18)13-6-15(17(25)31)33-27-13/h5,7,9-10,15H,1-4,6,8H2,(H2,25,31). The smallest absolute Gasteiger partial charge is 0.382 e. The molecule has 2 aromatic heterocycles. The Bertz CT molecular complexity index is 1200. The highest BCUT2D eigenvalue weighted by Gasteiger charge is 2.35. The molecule has 2 amide bonds. The van der Waals surface area contributed by atoms with Gasteiger partial charge in [0, 0.05) is 37.0 Å². The van der Waals surface area contributed by atoms with E-state index in [2.05, 4.69) is 10.1 Å². The van der Waals surface area contributed by atoms with Crippen LogP contribution in [0.25, 0.3) is 0 Å². The summed E-state index contributed by atoms with van der Waals surface area (Å²) in [4.78, 5) is 47.1. The number of nitrogens with two attached hydrogens (primary N) is 1. The zero-order valence-corrected chi connectivity index (χ0v) is 19.1. The molecular formula is C20H19ClF3N5O4S. The van der Waals surface area contributed by atoms with Crippen molar-refractivity contribution in [1.82, 2.24) is 14.5 Å². The number of primary amides is 1. The summed E-state index contributed by atoms with van der Waals surface area (Å²) in [6.45, 7) is 0.205. The van der Waals surface area contributed by atoms with Gasteiger partial charge in [-0.1, -0.05) is 16.8 Å². The molecule has 182 valence electrons. The molecular weight excluding hydrogens is 499 g/mol. The van der Waals surface area contributed by atoms with E-state index in [4.69, 9.17) is 22.2 Å². The Hall–Kier alpha value is -2.93. The molecule has 0 spiro atoms. The van der Waals surface area contributed by atoms with Gasteiger partial charge >= 0.3 is 6.18 Å². The molecule has 4 heterocycles. The molecule has 0 aromatic carbocycles. The van der Waals surface area contributed by atoms with E-state index in [1.165, 1.54) is 16.2 Å². The molecule has 1 unspecified atom stereocenters. The van der Waals surface area contributed by atoms with Gasteiger partial charge in [0.2, 0.25) is 12.0 Å². The zero-order chi connectivity index (χ0) is 24.6. The van der Waals surface area contributed by atoms with Gasteiger partial charge in [0.1, 0.15) is 17.8 Å². The number of carbonyl (C=O) groups excluding carboxylic acids is 2. The summed E-state index contributed by atoms with van der Waals surface area (Å²) in [6.07, 6.45) is -3.18. The molecule has 14 heteroatoms. The summed E-state index contributed by atoms with van der Waals surface area (Å²) in [5.41, 5.74) is 3.66. The fourth-order valence-corrected chi connectivity index (χ4v) is 5.06. The predicted molar refractivity (Wildman–Crippen MR) is 117 cm³/mol. The highest BCUT2D eigenvalue weighted by Crippen LogP contribution is 2.32. The van der Waals surface area contributed by atoms with Gasteiger partial charge in [-0.25, -0.2) is 4.98 Å². The van der Waals surface area contributed by atoms with Gasteiger partial charge in [-0.3, -0.25) is 14.4 Å². The van der Waals surface area contributed by atoms with E-state index in [1.807, 2.05) is 5.38 Å². The van der Waals surface area contributed by atoms with Crippen molar-refractivity contribution < 1.29 is 27.6 Å². The van der Waals surface area contributed by atoms with Gasteiger partial charge in [0.05, 0.1) is 15.7 Å². The molecule has 2 aromatic rings. The maximum absolute atomic E-state index is 13.1. The van der Waals surface area contributed by atoms with Gasteiger partial charge in [-0.15, -0.1) is 11.3 Å². The maximum atomic E-state index is 13.1. The van der Waals surface area contributed by atoms with Crippen LogP contribution in [-0.4, -0.2) is 51.2 Å². The van der Waals surface area contributed by atoms with Crippen molar-refractivity contribution in [3.8, 4) is 0 Å². The molecule has 9 nitrogen and oxygen atoms in total. The second-order valence-corrected chi connectivity index (χ2v) is 9.29. The summed E-state index contributed by atoms with van der Waals surface area (Å²) in [5.74, 6) is -0.977. The van der Waals surface area contributed by atoms with E-state index in [0.29, 0.717) is 48.0 Å². The van der Waals surface area contributed by atoms with Crippen LogP contribution in [0.5, 0.6) is 0 Å². The average Bonchev–Trinajstić information content (AvgIpc) is 3.45. The van der Waals surface area contributed by atoms with Crippen LogP contribution in [-0.2, 0) is 27.1 Å². The molecule has 2 aliphatic heterocycles. The van der Waals surface area contributed by atoms with Gasteiger partial charge in [-0.05, 0) is 18.9 Å². The molecule has 0 saturated carbocycles. The van der Waals surface area contributed by atoms with E-state index < -0.39 is 41.8 Å². The van der Waals surface area contributed by atoms with Crippen molar-refractivity contribution in [3.05, 3.63) is 49.3 Å². The number of hydrogen-bond acceptors (Lipinski definition) is 7. The lowest BCUT2D eigenvalue weighted by molar-refractivity contribution is -0.139. The number of nitrogens with zero attached hydrogens (tertiary/aromatic N) is 4. The molecule has 4 rings (SSSR count). The largest absolute Gasteiger partial charge is 0.421 e. The van der Waals surface area contributed by atoms with Crippen molar-refractivity contribution in [2.45, 2.75) is 44.0 Å². The molecule has 1 saturated heterocycles. The minimum atomic E-state index is -4.87. The first-order valence-corrected chi connectivity index (χ1v) is 11.5. The number of aromatic nitrogens is 2. The topological polar surface area (TPSA) is 120 Å². The Morgan fingerprint density at radius 3 is 2.62 bits per heavy atom. The first kappa shape index (κ1) is 24.2. The van der Waals surface area contributed by atoms with Crippen LogP contribution >= 0.6 is 22.9 Å². The Morgan fingerprint density at radius 1 is 1.29 bits per heavy atom. The van der Waals surface area contributed by atoms with Crippen LogP contribution in [0.4, 0.5) is 13.2 Å². The predicted octanol–water partition coefficient (Wildman–Crippen LogP) is 2.36. The normalized spacial score (nSPS) is 19.1. The van der Waals surface area contributed by atoms with Crippen LogP contribution in [0.1, 0.15) is 41.4 Å². The lowest BCUT2D eigenvalue weighted by Gasteiger charge is -2.31. The third kappa shape index (κ3) is 5.09. The third-order valence-corrected chi connectivity index (χ3v) is 6.88. The van der Waals surface area contributed by atoms with Crippen LogP contribution in [0.15, 0.2) is 27.6 Å². The quantitative estimate of drug-likeness (QED) is 0.653. The van der Waals surface area contributed by atoms with Crippen molar-refractivity contribution in [3.63, 3.8) is 0 Å². The number of amides is 2. The van der Waals surface area contributed by atoms with Crippen molar-refractivity contribution >= 4 is 40.5 Å². The van der Waals surface area contributed by atoms with E-state index in [-0.39, 0.29) is 17.4 Å². The van der Waals surface area contributed by atoms with Gasteiger partial charge in [0.15, 0.2) is 0 Å². The number of hydrogen-bond donors (Lipinski definition) is 1. The number of pyridine rings is 1. The summed E-state index contributed by atoms with van der Waals surface area (Å²) in [5, 5.41) is 6.27. The third-order valence-electron chi connectivity index (χ3n) is 5.66. The number of alkyl halides is 3. The highest BCUT2D eigenvalue weighted by atomic mass is 35.5. The molecule has 1 atom stereocenters. The van der Waals surface area contributed by atoms with Gasteiger partial charge in [0.25, 0.3) is 11.5 Å². The van der Waals surface area contributed by atoms with E-state index >= 15 is 0 Å². The highest BCUT2D eigenvalue weighted by molar-refractivity contribution is 7.10. The molecule has 0 aliphatic carbocycles. The van der Waals surface area contributed by atoms with Crippen LogP contribution in [0.3, 0.4) is 0 Å². The van der Waals surface area contributed by atoms with E-state index in [9.17, 15) is 27.6 Å². The molecule has 2 N–H and O–H groups in total. The number of thiazole rings is 1. The molecule has 34 heavy (non-hydrogen) atoms. The number of rotatable bonds is 5. The molecule has 0 bridgehead atoms. The Morgan fingerprint density at radius 2 is 2.00 bits per heavy atom.